The van der Waals surface area contributed by atoms with Crippen molar-refractivity contribution in [3.8, 4) is 0 Å². The van der Waals surface area contributed by atoms with E-state index in [4.69, 9.17) is 5.11 Å². The number of nitrogens with one attached hydrogen (secondary N) is 1. The maximum absolute atomic E-state index is 9.27. The van der Waals surface area contributed by atoms with Gasteiger partial charge in [0.25, 0.3) is 0 Å². The summed E-state index contributed by atoms with van der Waals surface area (Å²) in [5.74, 6) is 0.496. The third-order valence-electron chi connectivity index (χ3n) is 1.72. The Bertz CT molecular complexity index is 244. The van der Waals surface area contributed by atoms with Crippen LogP contribution < -0.4 is 5.32 Å². The topological polar surface area (TPSA) is 91.2 Å². The Morgan fingerprint density at radius 2 is 2.00 bits per heavy atom. The minimum Gasteiger partial charge on any atom is -0.396 e. The Morgan fingerprint density at radius 1 is 1.29 bits per heavy atom. The highest BCUT2D eigenvalue weighted by atomic mass is 16.3. The average Bonchev–Trinajstić information content (AvgIpc) is 2.20. The summed E-state index contributed by atoms with van der Waals surface area (Å²) in [6.45, 7) is 0.581. The van der Waals surface area contributed by atoms with Crippen molar-refractivity contribution in [1.29, 1.82) is 0 Å². The van der Waals surface area contributed by atoms with Crippen molar-refractivity contribution >= 4 is 5.95 Å². The Hall–Kier alpha value is -1.27. The fraction of sp³-hybridized carbons (Fsp3) is 0.625. The van der Waals surface area contributed by atoms with Crippen molar-refractivity contribution in [3.05, 3.63) is 12.7 Å². The summed E-state index contributed by atoms with van der Waals surface area (Å²) >= 11 is 0. The van der Waals surface area contributed by atoms with Gasteiger partial charge in [-0.3, -0.25) is 0 Å². The molecule has 14 heavy (non-hydrogen) atoms. The van der Waals surface area contributed by atoms with Crippen molar-refractivity contribution in [2.24, 2.45) is 0 Å². The second-order valence-electron chi connectivity index (χ2n) is 2.84. The molecular weight excluding hydrogens is 184 g/mol. The molecule has 6 heteroatoms. The van der Waals surface area contributed by atoms with Gasteiger partial charge in [-0.05, 0) is 12.8 Å². The monoisotopic (exact) mass is 198 g/mol. The van der Waals surface area contributed by atoms with Gasteiger partial charge in [-0.15, -0.1) is 0 Å². The van der Waals surface area contributed by atoms with Crippen molar-refractivity contribution in [2.45, 2.75) is 18.9 Å². The molecule has 0 amide bonds. The van der Waals surface area contributed by atoms with Crippen LogP contribution in [0.4, 0.5) is 5.95 Å². The summed E-state index contributed by atoms with van der Waals surface area (Å²) < 4.78 is 0. The van der Waals surface area contributed by atoms with Crippen LogP contribution in [0, 0.1) is 0 Å². The lowest BCUT2D eigenvalue weighted by Crippen LogP contribution is -2.15. The van der Waals surface area contributed by atoms with Crippen LogP contribution in [0.3, 0.4) is 0 Å². The quantitative estimate of drug-likeness (QED) is 0.566. The van der Waals surface area contributed by atoms with Crippen LogP contribution in [0.5, 0.6) is 0 Å². The number of anilines is 1. The summed E-state index contributed by atoms with van der Waals surface area (Å²) in [4.78, 5) is 11.4. The van der Waals surface area contributed by atoms with E-state index in [9.17, 15) is 5.11 Å². The van der Waals surface area contributed by atoms with Gasteiger partial charge in [0.15, 0.2) is 0 Å². The van der Waals surface area contributed by atoms with E-state index in [1.54, 1.807) is 0 Å². The molecule has 1 heterocycles. The highest BCUT2D eigenvalue weighted by molar-refractivity contribution is 5.20. The Labute approximate surface area is 82.1 Å². The summed E-state index contributed by atoms with van der Waals surface area (Å²) in [5, 5.41) is 20.7. The first kappa shape index (κ1) is 10.8. The van der Waals surface area contributed by atoms with Crippen molar-refractivity contribution < 1.29 is 10.2 Å². The summed E-state index contributed by atoms with van der Waals surface area (Å²) in [6.07, 6.45) is 3.29. The number of hydrogen-bond acceptors (Lipinski definition) is 6. The molecular formula is C8H14N4O2. The van der Waals surface area contributed by atoms with Crippen LogP contribution in [0.25, 0.3) is 0 Å². The van der Waals surface area contributed by atoms with E-state index in [1.807, 2.05) is 0 Å². The average molecular weight is 198 g/mol. The number of hydrogen-bond donors (Lipinski definition) is 3. The summed E-state index contributed by atoms with van der Waals surface area (Å²) in [6, 6.07) is 0. The van der Waals surface area contributed by atoms with Crippen molar-refractivity contribution in [1.82, 2.24) is 15.0 Å². The van der Waals surface area contributed by atoms with E-state index in [1.165, 1.54) is 12.7 Å². The van der Waals surface area contributed by atoms with E-state index in [0.717, 1.165) is 0 Å². The van der Waals surface area contributed by atoms with Gasteiger partial charge >= 0.3 is 0 Å². The zero-order valence-electron chi connectivity index (χ0n) is 7.80. The molecule has 0 aliphatic carbocycles. The molecule has 3 N–H and O–H groups in total. The Morgan fingerprint density at radius 3 is 2.64 bits per heavy atom. The predicted molar refractivity (Wildman–Crippen MR) is 50.6 cm³/mol. The summed E-state index contributed by atoms with van der Waals surface area (Å²) in [7, 11) is 0. The molecule has 0 fully saturated rings. The van der Waals surface area contributed by atoms with Crippen LogP contribution in [0.15, 0.2) is 12.7 Å². The smallest absolute Gasteiger partial charge is 0.225 e. The van der Waals surface area contributed by atoms with Gasteiger partial charge in [0, 0.05) is 13.2 Å². The predicted octanol–water partition coefficient (Wildman–Crippen LogP) is -0.583. The first-order valence-corrected chi connectivity index (χ1v) is 4.47. The van der Waals surface area contributed by atoms with Gasteiger partial charge in [0.1, 0.15) is 12.7 Å². The van der Waals surface area contributed by atoms with E-state index < -0.39 is 6.10 Å². The summed E-state index contributed by atoms with van der Waals surface area (Å²) in [5.41, 5.74) is 0. The number of rotatable bonds is 6. The number of nitrogens with zero attached hydrogens (tertiary/aromatic N) is 3. The highest BCUT2D eigenvalue weighted by Crippen LogP contribution is 1.98. The van der Waals surface area contributed by atoms with Gasteiger partial charge in [-0.2, -0.15) is 0 Å². The van der Waals surface area contributed by atoms with Crippen molar-refractivity contribution in [2.75, 3.05) is 18.5 Å². The van der Waals surface area contributed by atoms with Gasteiger partial charge < -0.3 is 15.5 Å². The normalized spacial score (nSPS) is 12.4. The van der Waals surface area contributed by atoms with Gasteiger partial charge in [-0.1, -0.05) is 0 Å². The number of aliphatic hydroxyl groups excluding tert-OH is 2. The van der Waals surface area contributed by atoms with Gasteiger partial charge in [-0.25, -0.2) is 15.0 Å². The van der Waals surface area contributed by atoms with E-state index in [0.29, 0.717) is 25.3 Å². The van der Waals surface area contributed by atoms with Crippen LogP contribution in [-0.4, -0.2) is 44.4 Å². The lowest BCUT2D eigenvalue weighted by Gasteiger charge is -2.08. The number of aliphatic hydroxyl groups is 2. The first-order chi connectivity index (χ1) is 6.83. The molecule has 78 valence electrons. The van der Waals surface area contributed by atoms with Gasteiger partial charge in [0.05, 0.1) is 6.10 Å². The second-order valence-corrected chi connectivity index (χ2v) is 2.84. The number of aromatic nitrogens is 3. The molecule has 6 nitrogen and oxygen atoms in total. The zero-order valence-corrected chi connectivity index (χ0v) is 7.80. The minimum atomic E-state index is -0.477. The molecule has 1 atom stereocenters. The molecule has 1 aromatic heterocycles. The minimum absolute atomic E-state index is 0.00687. The fourth-order valence-electron chi connectivity index (χ4n) is 0.974. The van der Waals surface area contributed by atoms with Gasteiger partial charge in [0.2, 0.25) is 5.95 Å². The molecule has 0 radical (unpaired) electrons. The zero-order chi connectivity index (χ0) is 10.2. The molecule has 0 aliphatic heterocycles. The van der Waals surface area contributed by atoms with Crippen LogP contribution >= 0.6 is 0 Å². The lowest BCUT2D eigenvalue weighted by atomic mass is 10.2. The maximum atomic E-state index is 9.27. The molecule has 0 spiro atoms. The molecule has 0 saturated carbocycles. The van der Waals surface area contributed by atoms with E-state index >= 15 is 0 Å². The maximum Gasteiger partial charge on any atom is 0.225 e. The van der Waals surface area contributed by atoms with Crippen LogP contribution in [0.1, 0.15) is 12.8 Å². The molecule has 1 rings (SSSR count). The standard InChI is InChI=1S/C8H14N4O2/c13-4-2-7(14)1-3-10-8-11-5-9-6-12-8/h5-7,13-14H,1-4H2,(H,9,10,11,12). The van der Waals surface area contributed by atoms with Crippen LogP contribution in [-0.2, 0) is 0 Å². The SMILES string of the molecule is OCCC(O)CCNc1ncncn1. The fourth-order valence-corrected chi connectivity index (χ4v) is 0.974. The molecule has 1 unspecified atom stereocenters. The van der Waals surface area contributed by atoms with E-state index in [2.05, 4.69) is 20.3 Å². The second kappa shape index (κ2) is 6.22. The Kier molecular flexibility index (Phi) is 4.81. The van der Waals surface area contributed by atoms with Crippen LogP contribution in [0.2, 0.25) is 0 Å². The molecule has 0 aliphatic rings. The molecule has 1 aromatic rings. The third kappa shape index (κ3) is 4.11. The molecule has 0 saturated heterocycles. The largest absolute Gasteiger partial charge is 0.396 e. The molecule has 0 aromatic carbocycles. The van der Waals surface area contributed by atoms with E-state index in [-0.39, 0.29) is 6.61 Å². The first-order valence-electron chi connectivity index (χ1n) is 4.47. The third-order valence-corrected chi connectivity index (χ3v) is 1.72. The van der Waals surface area contributed by atoms with Crippen molar-refractivity contribution in [3.63, 3.8) is 0 Å². The molecule has 0 bridgehead atoms. The highest BCUT2D eigenvalue weighted by Gasteiger charge is 2.02. The lowest BCUT2D eigenvalue weighted by molar-refractivity contribution is 0.128. The Balaban J connectivity index is 2.16.